The van der Waals surface area contributed by atoms with Crippen molar-refractivity contribution in [2.24, 2.45) is 5.41 Å². The van der Waals surface area contributed by atoms with Gasteiger partial charge in [0.2, 0.25) is 0 Å². The van der Waals surface area contributed by atoms with Crippen LogP contribution in [0, 0.1) is 5.41 Å². The monoisotopic (exact) mass is 377 g/mol. The summed E-state index contributed by atoms with van der Waals surface area (Å²) in [7, 11) is 7.08. The first-order valence-corrected chi connectivity index (χ1v) is 9.49. The third-order valence-corrected chi connectivity index (χ3v) is 5.71. The minimum absolute atomic E-state index is 0.0382. The van der Waals surface area contributed by atoms with E-state index >= 15 is 0 Å². The van der Waals surface area contributed by atoms with Crippen molar-refractivity contribution in [3.8, 4) is 0 Å². The molecule has 1 N–H and O–H groups in total. The number of rotatable bonds is 3. The topological polar surface area (TPSA) is 72.3 Å². The van der Waals surface area contributed by atoms with E-state index in [1.54, 1.807) is 44.3 Å². The Morgan fingerprint density at radius 3 is 2.63 bits per heavy atom. The van der Waals surface area contributed by atoms with Crippen LogP contribution < -0.4 is 5.32 Å². The van der Waals surface area contributed by atoms with Crippen molar-refractivity contribution < 1.29 is 14.0 Å². The summed E-state index contributed by atoms with van der Waals surface area (Å²) in [4.78, 5) is 32.3. The quantitative estimate of drug-likeness (QED) is 0.866. The van der Waals surface area contributed by atoms with Gasteiger partial charge in [-0.25, -0.2) is 9.59 Å². The lowest BCUT2D eigenvalue weighted by atomic mass is 9.74. The zero-order chi connectivity index (χ0) is 19.6. The summed E-state index contributed by atoms with van der Waals surface area (Å²) in [6.45, 7) is 3.85. The van der Waals surface area contributed by atoms with E-state index in [2.05, 4.69) is 10.2 Å². The minimum atomic E-state index is -0.137. The van der Waals surface area contributed by atoms with Gasteiger partial charge in [-0.05, 0) is 31.5 Å². The molecular weight excluding hydrogens is 346 g/mol. The van der Waals surface area contributed by atoms with Crippen molar-refractivity contribution in [2.75, 3.05) is 54.4 Å². The molecule has 2 fully saturated rings. The van der Waals surface area contributed by atoms with E-state index in [-0.39, 0.29) is 23.5 Å². The van der Waals surface area contributed by atoms with E-state index in [9.17, 15) is 9.59 Å². The fourth-order valence-corrected chi connectivity index (χ4v) is 4.27. The number of urea groups is 2. The molecule has 0 aliphatic carbocycles. The first-order chi connectivity index (χ1) is 12.8. The second-order valence-corrected chi connectivity index (χ2v) is 8.19. The molecule has 8 nitrogen and oxygen atoms in total. The molecule has 2 aliphatic heterocycles. The molecule has 3 rings (SSSR count). The van der Waals surface area contributed by atoms with Crippen LogP contribution in [0.5, 0.6) is 0 Å². The van der Waals surface area contributed by atoms with Gasteiger partial charge >= 0.3 is 12.1 Å². The molecule has 8 heteroatoms. The number of nitrogens with one attached hydrogen (secondary N) is 1. The molecule has 1 spiro atoms. The van der Waals surface area contributed by atoms with Crippen LogP contribution in [-0.2, 0) is 6.54 Å². The molecule has 0 radical (unpaired) electrons. The van der Waals surface area contributed by atoms with Gasteiger partial charge in [0.25, 0.3) is 0 Å². The summed E-state index contributed by atoms with van der Waals surface area (Å²) in [6.07, 6.45) is 3.41. The van der Waals surface area contributed by atoms with Crippen LogP contribution in [0.4, 0.5) is 9.59 Å². The van der Waals surface area contributed by atoms with E-state index in [1.165, 1.54) is 0 Å². The molecule has 2 aliphatic rings. The average molecular weight is 377 g/mol. The standard InChI is InChI=1S/C19H31N5O3/c1-21(2)17(25)20-16-7-9-24(18(26)22(3)4)14-19(16)8-10-23(13-19)12-15-6-5-11-27-15/h5-6,11,16H,7-10,12-14H2,1-4H3,(H,20,25)/t16-,19+/m1/s1. The number of amides is 4. The first kappa shape index (κ1) is 19.5. The minimum Gasteiger partial charge on any atom is -0.468 e. The zero-order valence-electron chi connectivity index (χ0n) is 16.8. The Hall–Kier alpha value is -2.22. The lowest BCUT2D eigenvalue weighted by Crippen LogP contribution is -2.62. The predicted molar refractivity (Wildman–Crippen MR) is 102 cm³/mol. The Morgan fingerprint density at radius 1 is 1.22 bits per heavy atom. The smallest absolute Gasteiger partial charge is 0.319 e. The second-order valence-electron chi connectivity index (χ2n) is 8.19. The van der Waals surface area contributed by atoms with Crippen LogP contribution in [0.15, 0.2) is 22.8 Å². The van der Waals surface area contributed by atoms with Gasteiger partial charge in [0.15, 0.2) is 0 Å². The van der Waals surface area contributed by atoms with Gasteiger partial charge in [0.1, 0.15) is 5.76 Å². The SMILES string of the molecule is CN(C)C(=O)N[C@@H]1CCN(C(=O)N(C)C)C[C@@]12CCN(Cc1ccco1)C2. The summed E-state index contributed by atoms with van der Waals surface area (Å²) in [5.41, 5.74) is -0.137. The number of piperidine rings is 1. The highest BCUT2D eigenvalue weighted by molar-refractivity contribution is 5.75. The van der Waals surface area contributed by atoms with Gasteiger partial charge < -0.3 is 24.4 Å². The van der Waals surface area contributed by atoms with E-state index in [4.69, 9.17) is 4.42 Å². The number of hydrogen-bond acceptors (Lipinski definition) is 4. The molecule has 1 aromatic heterocycles. The summed E-state index contributed by atoms with van der Waals surface area (Å²) >= 11 is 0. The van der Waals surface area contributed by atoms with Crippen molar-refractivity contribution in [1.29, 1.82) is 0 Å². The summed E-state index contributed by atoms with van der Waals surface area (Å²) in [5, 5.41) is 3.20. The van der Waals surface area contributed by atoms with Crippen molar-refractivity contribution >= 4 is 12.1 Å². The van der Waals surface area contributed by atoms with Crippen molar-refractivity contribution in [3.63, 3.8) is 0 Å². The van der Waals surface area contributed by atoms with Crippen LogP contribution in [0.25, 0.3) is 0 Å². The van der Waals surface area contributed by atoms with Crippen molar-refractivity contribution in [3.05, 3.63) is 24.2 Å². The van der Waals surface area contributed by atoms with Gasteiger partial charge in [0, 0.05) is 59.3 Å². The zero-order valence-corrected chi connectivity index (χ0v) is 16.8. The number of nitrogens with zero attached hydrogens (tertiary/aromatic N) is 4. The average Bonchev–Trinajstić information content (AvgIpc) is 3.27. The molecule has 0 unspecified atom stereocenters. The van der Waals surface area contributed by atoms with E-state index in [1.807, 2.05) is 17.0 Å². The van der Waals surface area contributed by atoms with Crippen LogP contribution in [0.2, 0.25) is 0 Å². The number of hydrogen-bond donors (Lipinski definition) is 1. The number of carbonyl (C=O) groups is 2. The Morgan fingerprint density at radius 2 is 2.00 bits per heavy atom. The number of furan rings is 1. The Labute approximate surface area is 161 Å². The second kappa shape index (κ2) is 7.80. The van der Waals surface area contributed by atoms with E-state index in [0.717, 1.165) is 38.2 Å². The van der Waals surface area contributed by atoms with Gasteiger partial charge in [0.05, 0.1) is 12.8 Å². The molecule has 27 heavy (non-hydrogen) atoms. The maximum Gasteiger partial charge on any atom is 0.319 e. The van der Waals surface area contributed by atoms with Crippen molar-refractivity contribution in [1.82, 2.24) is 24.9 Å². The normalized spacial score (nSPS) is 25.6. The highest BCUT2D eigenvalue weighted by Crippen LogP contribution is 2.40. The summed E-state index contributed by atoms with van der Waals surface area (Å²) < 4.78 is 5.50. The van der Waals surface area contributed by atoms with Gasteiger partial charge in [-0.2, -0.15) is 0 Å². The molecule has 2 saturated heterocycles. The Kier molecular flexibility index (Phi) is 5.64. The van der Waals surface area contributed by atoms with Crippen LogP contribution in [-0.4, -0.2) is 92.1 Å². The number of likely N-dealkylation sites (tertiary alicyclic amines) is 2. The molecule has 0 aromatic carbocycles. The third kappa shape index (κ3) is 4.21. The Balaban J connectivity index is 1.76. The molecule has 0 saturated carbocycles. The first-order valence-electron chi connectivity index (χ1n) is 9.49. The molecule has 150 valence electrons. The maximum atomic E-state index is 12.5. The highest BCUT2D eigenvalue weighted by Gasteiger charge is 2.49. The molecule has 4 amide bonds. The fraction of sp³-hybridized carbons (Fsp3) is 0.684. The fourth-order valence-electron chi connectivity index (χ4n) is 4.27. The van der Waals surface area contributed by atoms with Gasteiger partial charge in [-0.3, -0.25) is 4.90 Å². The lowest BCUT2D eigenvalue weighted by Gasteiger charge is -2.47. The molecule has 1 aromatic rings. The molecular formula is C19H31N5O3. The van der Waals surface area contributed by atoms with Crippen LogP contribution in [0.1, 0.15) is 18.6 Å². The number of carbonyl (C=O) groups excluding carboxylic acids is 2. The van der Waals surface area contributed by atoms with Crippen LogP contribution >= 0.6 is 0 Å². The molecule has 2 atom stereocenters. The van der Waals surface area contributed by atoms with E-state index in [0.29, 0.717) is 13.1 Å². The van der Waals surface area contributed by atoms with Gasteiger partial charge in [-0.15, -0.1) is 0 Å². The largest absolute Gasteiger partial charge is 0.468 e. The lowest BCUT2D eigenvalue weighted by molar-refractivity contribution is 0.0644. The third-order valence-electron chi connectivity index (χ3n) is 5.71. The highest BCUT2D eigenvalue weighted by atomic mass is 16.3. The summed E-state index contributed by atoms with van der Waals surface area (Å²) in [6, 6.07) is 3.91. The van der Waals surface area contributed by atoms with Crippen molar-refractivity contribution in [2.45, 2.75) is 25.4 Å². The summed E-state index contributed by atoms with van der Waals surface area (Å²) in [5.74, 6) is 0.943. The maximum absolute atomic E-state index is 12.5. The Bertz CT molecular complexity index is 660. The molecule has 3 heterocycles. The van der Waals surface area contributed by atoms with Gasteiger partial charge in [-0.1, -0.05) is 0 Å². The molecule has 0 bridgehead atoms. The van der Waals surface area contributed by atoms with E-state index < -0.39 is 0 Å². The predicted octanol–water partition coefficient (Wildman–Crippen LogP) is 1.50. The van der Waals surface area contributed by atoms with Crippen LogP contribution in [0.3, 0.4) is 0 Å².